The van der Waals surface area contributed by atoms with Crippen molar-refractivity contribution in [2.75, 3.05) is 6.54 Å². The summed E-state index contributed by atoms with van der Waals surface area (Å²) in [5, 5.41) is 2.99. The zero-order valence-electron chi connectivity index (χ0n) is 12.4. The Morgan fingerprint density at radius 1 is 1.37 bits per heavy atom. The first-order chi connectivity index (χ1) is 9.02. The average Bonchev–Trinajstić information content (AvgIpc) is 3.20. The Hall–Kier alpha value is -1.06. The largest absolute Gasteiger partial charge is 0.342 e. The molecule has 0 radical (unpaired) electrons. The van der Waals surface area contributed by atoms with Crippen molar-refractivity contribution in [3.05, 3.63) is 0 Å². The summed E-state index contributed by atoms with van der Waals surface area (Å²) in [6.45, 7) is 6.77. The maximum Gasteiger partial charge on any atom is 0.248 e. The molecule has 0 bridgehead atoms. The van der Waals surface area contributed by atoms with Crippen molar-refractivity contribution in [2.24, 2.45) is 5.92 Å². The number of carbonyl (C=O) groups is 2. The molecular formula is C15H26N2O2. The van der Waals surface area contributed by atoms with Gasteiger partial charge in [0.15, 0.2) is 0 Å². The van der Waals surface area contributed by atoms with Gasteiger partial charge in [-0.05, 0) is 38.5 Å². The van der Waals surface area contributed by atoms with Crippen molar-refractivity contribution in [3.8, 4) is 0 Å². The van der Waals surface area contributed by atoms with Gasteiger partial charge in [-0.2, -0.15) is 0 Å². The van der Waals surface area contributed by atoms with E-state index in [9.17, 15) is 9.59 Å². The maximum absolute atomic E-state index is 12.9. The van der Waals surface area contributed by atoms with Crippen LogP contribution in [0.25, 0.3) is 0 Å². The fourth-order valence-corrected chi connectivity index (χ4v) is 3.23. The second-order valence-corrected chi connectivity index (χ2v) is 6.12. The molecule has 4 nitrogen and oxygen atoms in total. The fraction of sp³-hybridized carbons (Fsp3) is 0.867. The Bertz CT molecular complexity index is 365. The minimum atomic E-state index is -0.658. The first kappa shape index (κ1) is 14.4. The zero-order valence-corrected chi connectivity index (χ0v) is 12.4. The van der Waals surface area contributed by atoms with Gasteiger partial charge in [0.2, 0.25) is 11.8 Å². The molecule has 2 unspecified atom stereocenters. The van der Waals surface area contributed by atoms with Crippen molar-refractivity contribution in [1.29, 1.82) is 0 Å². The standard InChI is InChI=1S/C15H26N2O2/c1-4-6-12(5-2)17-10-9-13(18)16-15(3,14(17)19)11-7-8-11/h11-12H,4-10H2,1-3H3,(H,16,18). The number of amides is 2. The van der Waals surface area contributed by atoms with Crippen LogP contribution in [0.4, 0.5) is 0 Å². The van der Waals surface area contributed by atoms with E-state index in [1.54, 1.807) is 0 Å². The van der Waals surface area contributed by atoms with Crippen molar-refractivity contribution in [1.82, 2.24) is 10.2 Å². The van der Waals surface area contributed by atoms with Crippen LogP contribution < -0.4 is 5.32 Å². The highest BCUT2D eigenvalue weighted by Gasteiger charge is 2.51. The van der Waals surface area contributed by atoms with Gasteiger partial charge in [-0.15, -0.1) is 0 Å². The lowest BCUT2D eigenvalue weighted by atomic mass is 9.92. The molecule has 1 N–H and O–H groups in total. The molecule has 19 heavy (non-hydrogen) atoms. The third kappa shape index (κ3) is 2.77. The summed E-state index contributed by atoms with van der Waals surface area (Å²) in [7, 11) is 0. The molecule has 2 rings (SSSR count). The lowest BCUT2D eigenvalue weighted by Gasteiger charge is -2.36. The molecule has 108 valence electrons. The molecule has 2 aliphatic rings. The van der Waals surface area contributed by atoms with Crippen LogP contribution in [0, 0.1) is 5.92 Å². The molecular weight excluding hydrogens is 240 g/mol. The normalized spacial score (nSPS) is 29.9. The SMILES string of the molecule is CCCC(CC)N1CCC(=O)NC(C)(C2CC2)C1=O. The number of hydrogen-bond acceptors (Lipinski definition) is 2. The highest BCUT2D eigenvalue weighted by molar-refractivity contribution is 5.94. The van der Waals surface area contributed by atoms with Gasteiger partial charge in [0.1, 0.15) is 5.54 Å². The summed E-state index contributed by atoms with van der Waals surface area (Å²) in [4.78, 5) is 26.8. The molecule has 1 saturated heterocycles. The maximum atomic E-state index is 12.9. The van der Waals surface area contributed by atoms with Gasteiger partial charge in [0.25, 0.3) is 0 Å². The summed E-state index contributed by atoms with van der Waals surface area (Å²) in [5.41, 5.74) is -0.658. The first-order valence-electron chi connectivity index (χ1n) is 7.65. The van der Waals surface area contributed by atoms with Crippen molar-refractivity contribution < 1.29 is 9.59 Å². The van der Waals surface area contributed by atoms with Gasteiger partial charge < -0.3 is 10.2 Å². The number of hydrogen-bond donors (Lipinski definition) is 1. The van der Waals surface area contributed by atoms with Crippen LogP contribution in [0.2, 0.25) is 0 Å². The lowest BCUT2D eigenvalue weighted by Crippen LogP contribution is -2.58. The van der Waals surface area contributed by atoms with Crippen LogP contribution in [0.3, 0.4) is 0 Å². The van der Waals surface area contributed by atoms with E-state index in [1.165, 1.54) is 0 Å². The number of carbonyl (C=O) groups excluding carboxylic acids is 2. The molecule has 2 fully saturated rings. The molecule has 1 aliphatic carbocycles. The second kappa shape index (κ2) is 5.51. The van der Waals surface area contributed by atoms with Crippen LogP contribution in [0.1, 0.15) is 59.3 Å². The van der Waals surface area contributed by atoms with Gasteiger partial charge in [-0.25, -0.2) is 0 Å². The summed E-state index contributed by atoms with van der Waals surface area (Å²) in [5.74, 6) is 0.501. The first-order valence-corrected chi connectivity index (χ1v) is 7.65. The third-order valence-electron chi connectivity index (χ3n) is 4.61. The summed E-state index contributed by atoms with van der Waals surface area (Å²) in [6.07, 6.45) is 5.62. The highest BCUT2D eigenvalue weighted by atomic mass is 16.2. The number of rotatable bonds is 5. The van der Waals surface area contributed by atoms with Crippen LogP contribution in [-0.2, 0) is 9.59 Å². The molecule has 1 saturated carbocycles. The third-order valence-corrected chi connectivity index (χ3v) is 4.61. The van der Waals surface area contributed by atoms with Gasteiger partial charge in [0, 0.05) is 19.0 Å². The minimum Gasteiger partial charge on any atom is -0.342 e. The van der Waals surface area contributed by atoms with Crippen LogP contribution >= 0.6 is 0 Å². The van der Waals surface area contributed by atoms with Crippen LogP contribution in [0.5, 0.6) is 0 Å². The lowest BCUT2D eigenvalue weighted by molar-refractivity contribution is -0.141. The minimum absolute atomic E-state index is 0.0246. The zero-order chi connectivity index (χ0) is 14.0. The van der Waals surface area contributed by atoms with E-state index in [2.05, 4.69) is 19.2 Å². The van der Waals surface area contributed by atoms with E-state index >= 15 is 0 Å². The molecule has 1 aliphatic heterocycles. The van der Waals surface area contributed by atoms with E-state index in [0.717, 1.165) is 32.1 Å². The molecule has 1 heterocycles. The summed E-state index contributed by atoms with van der Waals surface area (Å²) < 4.78 is 0. The molecule has 0 aromatic rings. The Morgan fingerprint density at radius 3 is 2.58 bits per heavy atom. The Balaban J connectivity index is 2.22. The van der Waals surface area contributed by atoms with Crippen molar-refractivity contribution >= 4 is 11.8 Å². The predicted octanol–water partition coefficient (Wildman–Crippen LogP) is 2.08. The molecule has 0 aromatic carbocycles. The van der Waals surface area contributed by atoms with E-state index in [-0.39, 0.29) is 17.9 Å². The van der Waals surface area contributed by atoms with Crippen LogP contribution in [0.15, 0.2) is 0 Å². The number of nitrogens with zero attached hydrogens (tertiary/aromatic N) is 1. The fourth-order valence-electron chi connectivity index (χ4n) is 3.23. The van der Waals surface area contributed by atoms with E-state index < -0.39 is 5.54 Å². The molecule has 0 aromatic heterocycles. The van der Waals surface area contributed by atoms with E-state index in [0.29, 0.717) is 18.9 Å². The average molecular weight is 266 g/mol. The Labute approximate surface area is 115 Å². The molecule has 2 amide bonds. The summed E-state index contributed by atoms with van der Waals surface area (Å²) >= 11 is 0. The smallest absolute Gasteiger partial charge is 0.248 e. The van der Waals surface area contributed by atoms with Crippen LogP contribution in [-0.4, -0.2) is 34.8 Å². The van der Waals surface area contributed by atoms with Gasteiger partial charge in [0.05, 0.1) is 0 Å². The van der Waals surface area contributed by atoms with E-state index in [4.69, 9.17) is 0 Å². The van der Waals surface area contributed by atoms with E-state index in [1.807, 2.05) is 11.8 Å². The molecule has 4 heteroatoms. The predicted molar refractivity (Wildman–Crippen MR) is 74.6 cm³/mol. The summed E-state index contributed by atoms with van der Waals surface area (Å²) in [6, 6.07) is 0.281. The second-order valence-electron chi connectivity index (χ2n) is 6.12. The van der Waals surface area contributed by atoms with Crippen molar-refractivity contribution in [2.45, 2.75) is 70.9 Å². The quantitative estimate of drug-likeness (QED) is 0.828. The highest BCUT2D eigenvalue weighted by Crippen LogP contribution is 2.41. The number of nitrogens with one attached hydrogen (secondary N) is 1. The molecule has 0 spiro atoms. The Morgan fingerprint density at radius 2 is 2.05 bits per heavy atom. The van der Waals surface area contributed by atoms with Gasteiger partial charge >= 0.3 is 0 Å². The molecule has 2 atom stereocenters. The van der Waals surface area contributed by atoms with Gasteiger partial charge in [-0.3, -0.25) is 9.59 Å². The monoisotopic (exact) mass is 266 g/mol. The van der Waals surface area contributed by atoms with Crippen molar-refractivity contribution in [3.63, 3.8) is 0 Å². The Kier molecular flexibility index (Phi) is 4.16. The topological polar surface area (TPSA) is 49.4 Å². The van der Waals surface area contributed by atoms with Gasteiger partial charge in [-0.1, -0.05) is 20.3 Å².